The van der Waals surface area contributed by atoms with Crippen molar-refractivity contribution >= 4 is 0 Å². The van der Waals surface area contributed by atoms with Gasteiger partial charge in [-0.15, -0.1) is 0 Å². The van der Waals surface area contributed by atoms with Crippen LogP contribution in [-0.2, 0) is 16.0 Å². The summed E-state index contributed by atoms with van der Waals surface area (Å²) in [4.78, 5) is 3.99. The first-order valence-electron chi connectivity index (χ1n) is 5.81. The second-order valence-electron chi connectivity index (χ2n) is 3.93. The van der Waals surface area contributed by atoms with Crippen LogP contribution in [0.3, 0.4) is 0 Å². The lowest BCUT2D eigenvalue weighted by Crippen LogP contribution is -2.41. The highest BCUT2D eigenvalue weighted by molar-refractivity contribution is 4.73. The zero-order valence-electron chi connectivity index (χ0n) is 9.47. The van der Waals surface area contributed by atoms with E-state index in [2.05, 4.69) is 14.9 Å². The molecule has 2 heterocycles. The number of ether oxygens (including phenoxy) is 2. The van der Waals surface area contributed by atoms with E-state index >= 15 is 0 Å². The van der Waals surface area contributed by atoms with Crippen molar-refractivity contribution in [1.29, 1.82) is 0 Å². The Morgan fingerprint density at radius 1 is 1.56 bits per heavy atom. The van der Waals surface area contributed by atoms with Gasteiger partial charge in [0.05, 0.1) is 25.6 Å². The standard InChI is InChI=1S/C11H19N3O2/c1(4-14-5-2-13-10-14)6-15-9-11-8-12-3-7-16-11/h2,5,10-12H,1,3-4,6-9H2. The molecule has 16 heavy (non-hydrogen) atoms. The summed E-state index contributed by atoms with van der Waals surface area (Å²) in [5.41, 5.74) is 0. The molecule has 90 valence electrons. The minimum atomic E-state index is 0.224. The van der Waals surface area contributed by atoms with E-state index in [0.29, 0.717) is 6.61 Å². The zero-order chi connectivity index (χ0) is 11.1. The first kappa shape index (κ1) is 11.6. The van der Waals surface area contributed by atoms with E-state index in [1.165, 1.54) is 0 Å². The predicted molar refractivity (Wildman–Crippen MR) is 60.3 cm³/mol. The maximum atomic E-state index is 5.57. The van der Waals surface area contributed by atoms with Gasteiger partial charge < -0.3 is 19.4 Å². The predicted octanol–water partition coefficient (Wildman–Crippen LogP) is 0.278. The van der Waals surface area contributed by atoms with Gasteiger partial charge in [0.1, 0.15) is 0 Å². The third kappa shape index (κ3) is 3.92. The Kier molecular flexibility index (Phi) is 4.79. The molecular weight excluding hydrogens is 206 g/mol. The van der Waals surface area contributed by atoms with Crippen LogP contribution in [0.1, 0.15) is 6.42 Å². The van der Waals surface area contributed by atoms with Crippen LogP contribution in [-0.4, -0.2) is 48.6 Å². The third-order valence-corrected chi connectivity index (χ3v) is 2.57. The average molecular weight is 225 g/mol. The lowest BCUT2D eigenvalue weighted by atomic mass is 10.3. The largest absolute Gasteiger partial charge is 0.379 e. The van der Waals surface area contributed by atoms with E-state index in [1.54, 1.807) is 6.20 Å². The first-order chi connectivity index (χ1) is 7.95. The van der Waals surface area contributed by atoms with Crippen LogP contribution in [0.25, 0.3) is 0 Å². The molecule has 1 atom stereocenters. The van der Waals surface area contributed by atoms with Gasteiger partial charge in [0, 0.05) is 38.6 Å². The van der Waals surface area contributed by atoms with Crippen molar-refractivity contribution < 1.29 is 9.47 Å². The van der Waals surface area contributed by atoms with Crippen LogP contribution in [0.5, 0.6) is 0 Å². The summed E-state index contributed by atoms with van der Waals surface area (Å²) >= 11 is 0. The summed E-state index contributed by atoms with van der Waals surface area (Å²) in [5, 5.41) is 3.28. The lowest BCUT2D eigenvalue weighted by molar-refractivity contribution is -0.0320. The van der Waals surface area contributed by atoms with E-state index in [4.69, 9.17) is 9.47 Å². The molecule has 2 rings (SSSR count). The van der Waals surface area contributed by atoms with Crippen LogP contribution in [0, 0.1) is 0 Å². The molecule has 1 fully saturated rings. The number of imidazole rings is 1. The molecule has 0 aromatic carbocycles. The van der Waals surface area contributed by atoms with Crippen molar-refractivity contribution in [3.8, 4) is 0 Å². The van der Waals surface area contributed by atoms with Gasteiger partial charge in [-0.3, -0.25) is 0 Å². The van der Waals surface area contributed by atoms with Gasteiger partial charge in [0.2, 0.25) is 0 Å². The highest BCUT2D eigenvalue weighted by Gasteiger charge is 2.12. The summed E-state index contributed by atoms with van der Waals surface area (Å²) in [5.74, 6) is 0. The van der Waals surface area contributed by atoms with E-state index < -0.39 is 0 Å². The number of nitrogens with zero attached hydrogens (tertiary/aromatic N) is 2. The number of nitrogens with one attached hydrogen (secondary N) is 1. The third-order valence-electron chi connectivity index (χ3n) is 2.57. The number of morpholine rings is 1. The Balaban J connectivity index is 1.48. The average Bonchev–Trinajstić information content (AvgIpc) is 2.83. The number of aromatic nitrogens is 2. The van der Waals surface area contributed by atoms with Crippen LogP contribution in [0.15, 0.2) is 18.7 Å². The summed E-state index contributed by atoms with van der Waals surface area (Å²) in [6, 6.07) is 0. The molecule has 0 bridgehead atoms. The topological polar surface area (TPSA) is 48.3 Å². The maximum Gasteiger partial charge on any atom is 0.0945 e. The van der Waals surface area contributed by atoms with Gasteiger partial charge in [-0.2, -0.15) is 0 Å². The fourth-order valence-corrected chi connectivity index (χ4v) is 1.71. The van der Waals surface area contributed by atoms with Gasteiger partial charge in [0.15, 0.2) is 0 Å². The SMILES string of the molecule is c1cn(CCCOCC2CNCCO2)cn1. The van der Waals surface area contributed by atoms with Crippen molar-refractivity contribution in [2.75, 3.05) is 32.9 Å². The van der Waals surface area contributed by atoms with Crippen molar-refractivity contribution in [1.82, 2.24) is 14.9 Å². The maximum absolute atomic E-state index is 5.57. The molecule has 0 radical (unpaired) electrons. The monoisotopic (exact) mass is 225 g/mol. The summed E-state index contributed by atoms with van der Waals surface area (Å²) in [6.07, 6.45) is 6.82. The van der Waals surface area contributed by atoms with Crippen LogP contribution >= 0.6 is 0 Å². The molecule has 1 aliphatic rings. The van der Waals surface area contributed by atoms with E-state index in [-0.39, 0.29) is 6.10 Å². The van der Waals surface area contributed by atoms with Crippen molar-refractivity contribution in [2.24, 2.45) is 0 Å². The fraction of sp³-hybridized carbons (Fsp3) is 0.727. The Hall–Kier alpha value is -0.910. The minimum absolute atomic E-state index is 0.224. The van der Waals surface area contributed by atoms with Crippen molar-refractivity contribution in [3.05, 3.63) is 18.7 Å². The van der Waals surface area contributed by atoms with Crippen molar-refractivity contribution in [3.63, 3.8) is 0 Å². The normalized spacial score (nSPS) is 21.1. The Bertz CT molecular complexity index is 271. The van der Waals surface area contributed by atoms with Crippen LogP contribution < -0.4 is 5.32 Å². The number of rotatable bonds is 6. The molecule has 1 aromatic rings. The van der Waals surface area contributed by atoms with Gasteiger partial charge in [-0.1, -0.05) is 0 Å². The fourth-order valence-electron chi connectivity index (χ4n) is 1.71. The molecule has 0 saturated carbocycles. The summed E-state index contributed by atoms with van der Waals surface area (Å²) in [7, 11) is 0. The second kappa shape index (κ2) is 6.62. The van der Waals surface area contributed by atoms with E-state index in [0.717, 1.165) is 39.3 Å². The molecule has 5 heteroatoms. The molecule has 1 aromatic heterocycles. The first-order valence-corrected chi connectivity index (χ1v) is 5.81. The van der Waals surface area contributed by atoms with E-state index in [1.807, 2.05) is 12.5 Å². The molecule has 1 unspecified atom stereocenters. The molecule has 1 saturated heterocycles. The van der Waals surface area contributed by atoms with Gasteiger partial charge >= 0.3 is 0 Å². The molecule has 5 nitrogen and oxygen atoms in total. The molecule has 1 N–H and O–H groups in total. The minimum Gasteiger partial charge on any atom is -0.379 e. The molecule has 0 aliphatic carbocycles. The summed E-state index contributed by atoms with van der Waals surface area (Å²) in [6.45, 7) is 5.08. The Morgan fingerprint density at radius 3 is 3.31 bits per heavy atom. The van der Waals surface area contributed by atoms with E-state index in [9.17, 15) is 0 Å². The van der Waals surface area contributed by atoms with Gasteiger partial charge in [-0.25, -0.2) is 4.98 Å². The van der Waals surface area contributed by atoms with Gasteiger partial charge in [0.25, 0.3) is 0 Å². The number of hydrogen-bond donors (Lipinski definition) is 1. The Morgan fingerprint density at radius 2 is 2.56 bits per heavy atom. The van der Waals surface area contributed by atoms with Crippen molar-refractivity contribution in [2.45, 2.75) is 19.1 Å². The van der Waals surface area contributed by atoms with Crippen LogP contribution in [0.2, 0.25) is 0 Å². The molecule has 0 spiro atoms. The Labute approximate surface area is 95.8 Å². The number of hydrogen-bond acceptors (Lipinski definition) is 4. The van der Waals surface area contributed by atoms with Crippen LogP contribution in [0.4, 0.5) is 0 Å². The highest BCUT2D eigenvalue weighted by atomic mass is 16.5. The highest BCUT2D eigenvalue weighted by Crippen LogP contribution is 1.98. The number of aryl methyl sites for hydroxylation is 1. The summed E-state index contributed by atoms with van der Waals surface area (Å²) < 4.78 is 13.2. The molecule has 0 amide bonds. The quantitative estimate of drug-likeness (QED) is 0.706. The smallest absolute Gasteiger partial charge is 0.0945 e. The zero-order valence-corrected chi connectivity index (χ0v) is 9.47. The molecule has 1 aliphatic heterocycles. The lowest BCUT2D eigenvalue weighted by Gasteiger charge is -2.23. The second-order valence-corrected chi connectivity index (χ2v) is 3.93. The molecular formula is C11H19N3O2. The van der Waals surface area contributed by atoms with Gasteiger partial charge in [-0.05, 0) is 6.42 Å².